The van der Waals surface area contributed by atoms with Crippen molar-refractivity contribution in [1.82, 2.24) is 9.80 Å². The van der Waals surface area contributed by atoms with Crippen LogP contribution in [0, 0.1) is 0 Å². The standard InChI is InChI=1S/C14H26N2O3/c1-11-8-16(9-13(10-17)19-11)12(2)14(18)15-6-4-3-5-7-15/h11-13,17H,3-10H2,1-2H3. The summed E-state index contributed by atoms with van der Waals surface area (Å²) in [4.78, 5) is 16.6. The highest BCUT2D eigenvalue weighted by Gasteiger charge is 2.32. The Morgan fingerprint density at radius 1 is 1.32 bits per heavy atom. The molecule has 5 nitrogen and oxygen atoms in total. The number of ether oxygens (including phenoxy) is 1. The van der Waals surface area contributed by atoms with Crippen LogP contribution in [-0.2, 0) is 9.53 Å². The second-order valence-electron chi connectivity index (χ2n) is 5.77. The van der Waals surface area contributed by atoms with Crippen LogP contribution in [0.5, 0.6) is 0 Å². The quantitative estimate of drug-likeness (QED) is 0.810. The fraction of sp³-hybridized carbons (Fsp3) is 0.929. The summed E-state index contributed by atoms with van der Waals surface area (Å²) in [5.41, 5.74) is 0. The van der Waals surface area contributed by atoms with E-state index in [1.165, 1.54) is 6.42 Å². The van der Waals surface area contributed by atoms with Gasteiger partial charge in [-0.1, -0.05) is 0 Å². The molecule has 19 heavy (non-hydrogen) atoms. The molecule has 0 saturated carbocycles. The van der Waals surface area contributed by atoms with Gasteiger partial charge >= 0.3 is 0 Å². The Labute approximate surface area is 115 Å². The Morgan fingerprint density at radius 3 is 2.63 bits per heavy atom. The molecule has 5 heteroatoms. The van der Waals surface area contributed by atoms with Gasteiger partial charge in [-0.15, -0.1) is 0 Å². The van der Waals surface area contributed by atoms with Crippen LogP contribution in [0.25, 0.3) is 0 Å². The second-order valence-corrected chi connectivity index (χ2v) is 5.77. The molecule has 0 spiro atoms. The number of aliphatic hydroxyl groups is 1. The molecule has 2 aliphatic heterocycles. The molecule has 2 heterocycles. The number of piperidine rings is 1. The van der Waals surface area contributed by atoms with Crippen molar-refractivity contribution >= 4 is 5.91 Å². The van der Waals surface area contributed by atoms with Gasteiger partial charge in [0, 0.05) is 26.2 Å². The lowest BCUT2D eigenvalue weighted by molar-refractivity contribution is -0.145. The zero-order chi connectivity index (χ0) is 13.8. The van der Waals surface area contributed by atoms with Gasteiger partial charge in [0.25, 0.3) is 0 Å². The largest absolute Gasteiger partial charge is 0.394 e. The number of rotatable bonds is 3. The van der Waals surface area contributed by atoms with E-state index in [1.807, 2.05) is 18.7 Å². The van der Waals surface area contributed by atoms with E-state index in [0.29, 0.717) is 6.54 Å². The molecule has 2 fully saturated rings. The monoisotopic (exact) mass is 270 g/mol. The molecule has 110 valence electrons. The molecular formula is C14H26N2O3. The number of hydrogen-bond donors (Lipinski definition) is 1. The predicted octanol–water partition coefficient (Wildman–Crippen LogP) is 0.469. The Hall–Kier alpha value is -0.650. The molecule has 1 N–H and O–H groups in total. The molecule has 2 aliphatic rings. The van der Waals surface area contributed by atoms with Crippen molar-refractivity contribution in [2.45, 2.75) is 51.4 Å². The van der Waals surface area contributed by atoms with Gasteiger partial charge in [-0.05, 0) is 33.1 Å². The van der Waals surface area contributed by atoms with Crippen molar-refractivity contribution in [3.63, 3.8) is 0 Å². The van der Waals surface area contributed by atoms with Crippen molar-refractivity contribution in [2.24, 2.45) is 0 Å². The van der Waals surface area contributed by atoms with Gasteiger partial charge in [-0.3, -0.25) is 9.69 Å². The first-order chi connectivity index (χ1) is 9.11. The van der Waals surface area contributed by atoms with Crippen LogP contribution in [0.1, 0.15) is 33.1 Å². The first kappa shape index (κ1) is 14.8. The second kappa shape index (κ2) is 6.68. The Balaban J connectivity index is 1.93. The van der Waals surface area contributed by atoms with Crippen LogP contribution in [0.4, 0.5) is 0 Å². The van der Waals surface area contributed by atoms with Crippen LogP contribution < -0.4 is 0 Å². The SMILES string of the molecule is CC1CN(C(C)C(=O)N2CCCCC2)CC(CO)O1. The molecule has 0 aromatic rings. The van der Waals surface area contributed by atoms with Gasteiger partial charge in [0.1, 0.15) is 0 Å². The third kappa shape index (κ3) is 3.68. The minimum atomic E-state index is -0.166. The normalized spacial score (nSPS) is 31.2. The maximum Gasteiger partial charge on any atom is 0.239 e. The van der Waals surface area contributed by atoms with E-state index in [2.05, 4.69) is 4.90 Å². The van der Waals surface area contributed by atoms with E-state index in [0.717, 1.165) is 32.5 Å². The molecule has 2 saturated heterocycles. The van der Waals surface area contributed by atoms with E-state index < -0.39 is 0 Å². The lowest BCUT2D eigenvalue weighted by Crippen LogP contribution is -2.56. The number of aliphatic hydroxyl groups excluding tert-OH is 1. The third-order valence-electron chi connectivity index (χ3n) is 4.13. The zero-order valence-corrected chi connectivity index (χ0v) is 12.0. The lowest BCUT2D eigenvalue weighted by Gasteiger charge is -2.40. The van der Waals surface area contributed by atoms with Crippen molar-refractivity contribution in [2.75, 3.05) is 32.8 Å². The fourth-order valence-corrected chi connectivity index (χ4v) is 3.03. The molecule has 0 radical (unpaired) electrons. The van der Waals surface area contributed by atoms with Gasteiger partial charge in [0.15, 0.2) is 0 Å². The minimum absolute atomic E-state index is 0.0193. The van der Waals surface area contributed by atoms with Crippen LogP contribution in [-0.4, -0.2) is 71.8 Å². The molecule has 0 aliphatic carbocycles. The maximum atomic E-state index is 12.5. The lowest BCUT2D eigenvalue weighted by atomic mass is 10.1. The average molecular weight is 270 g/mol. The summed E-state index contributed by atoms with van der Waals surface area (Å²) in [5.74, 6) is 0.227. The van der Waals surface area contributed by atoms with Gasteiger partial charge in [0.2, 0.25) is 5.91 Å². The molecule has 1 amide bonds. The van der Waals surface area contributed by atoms with Crippen molar-refractivity contribution in [3.05, 3.63) is 0 Å². The number of nitrogens with zero attached hydrogens (tertiary/aromatic N) is 2. The van der Waals surface area contributed by atoms with E-state index >= 15 is 0 Å². The molecule has 3 unspecified atom stereocenters. The van der Waals surface area contributed by atoms with Crippen LogP contribution >= 0.6 is 0 Å². The number of likely N-dealkylation sites (tertiary alicyclic amines) is 1. The van der Waals surface area contributed by atoms with E-state index in [1.54, 1.807) is 0 Å². The third-order valence-corrected chi connectivity index (χ3v) is 4.13. The van der Waals surface area contributed by atoms with Crippen LogP contribution in [0.15, 0.2) is 0 Å². The number of carbonyl (C=O) groups excluding carboxylic acids is 1. The van der Waals surface area contributed by atoms with Crippen molar-refractivity contribution < 1.29 is 14.6 Å². The number of hydrogen-bond acceptors (Lipinski definition) is 4. The van der Waals surface area contributed by atoms with E-state index in [9.17, 15) is 9.90 Å². The summed E-state index contributed by atoms with van der Waals surface area (Å²) in [6.07, 6.45) is 3.39. The number of amides is 1. The number of morpholine rings is 1. The minimum Gasteiger partial charge on any atom is -0.394 e. The molecular weight excluding hydrogens is 244 g/mol. The fourth-order valence-electron chi connectivity index (χ4n) is 3.03. The van der Waals surface area contributed by atoms with Crippen LogP contribution in [0.2, 0.25) is 0 Å². The molecule has 0 aromatic heterocycles. The number of carbonyl (C=O) groups is 1. The first-order valence-electron chi connectivity index (χ1n) is 7.41. The summed E-state index contributed by atoms with van der Waals surface area (Å²) in [6, 6.07) is -0.113. The van der Waals surface area contributed by atoms with Gasteiger partial charge in [-0.25, -0.2) is 0 Å². The van der Waals surface area contributed by atoms with Crippen LogP contribution in [0.3, 0.4) is 0 Å². The van der Waals surface area contributed by atoms with E-state index in [-0.39, 0.29) is 30.8 Å². The van der Waals surface area contributed by atoms with Gasteiger partial charge in [-0.2, -0.15) is 0 Å². The zero-order valence-electron chi connectivity index (χ0n) is 12.0. The summed E-state index contributed by atoms with van der Waals surface area (Å²) in [6.45, 7) is 7.18. The summed E-state index contributed by atoms with van der Waals surface area (Å²) < 4.78 is 5.62. The Morgan fingerprint density at radius 2 is 2.00 bits per heavy atom. The summed E-state index contributed by atoms with van der Waals surface area (Å²) >= 11 is 0. The topological polar surface area (TPSA) is 53.0 Å². The highest BCUT2D eigenvalue weighted by molar-refractivity contribution is 5.81. The summed E-state index contributed by atoms with van der Waals surface area (Å²) in [5, 5.41) is 9.25. The van der Waals surface area contributed by atoms with E-state index in [4.69, 9.17) is 4.74 Å². The van der Waals surface area contributed by atoms with Gasteiger partial charge < -0.3 is 14.7 Å². The van der Waals surface area contributed by atoms with Gasteiger partial charge in [0.05, 0.1) is 24.9 Å². The smallest absolute Gasteiger partial charge is 0.239 e. The molecule has 0 aromatic carbocycles. The van der Waals surface area contributed by atoms with Crippen molar-refractivity contribution in [1.29, 1.82) is 0 Å². The Bertz CT molecular complexity index is 305. The highest BCUT2D eigenvalue weighted by atomic mass is 16.5. The first-order valence-corrected chi connectivity index (χ1v) is 7.41. The highest BCUT2D eigenvalue weighted by Crippen LogP contribution is 2.17. The predicted molar refractivity (Wildman–Crippen MR) is 72.9 cm³/mol. The molecule has 3 atom stereocenters. The Kier molecular flexibility index (Phi) is 5.19. The summed E-state index contributed by atoms with van der Waals surface area (Å²) in [7, 11) is 0. The molecule has 2 rings (SSSR count). The average Bonchev–Trinajstić information content (AvgIpc) is 2.46. The molecule has 0 bridgehead atoms. The van der Waals surface area contributed by atoms with Crippen molar-refractivity contribution in [3.8, 4) is 0 Å². The maximum absolute atomic E-state index is 12.5.